The number of ether oxygens (including phenoxy) is 2. The molecule has 1 N–H and O–H groups in total. The van der Waals surface area contributed by atoms with Crippen LogP contribution >= 0.6 is 11.6 Å². The molecule has 2 aliphatic heterocycles. The Labute approximate surface area is 182 Å². The first-order valence-electron chi connectivity index (χ1n) is 10.4. The second kappa shape index (κ2) is 9.79. The predicted molar refractivity (Wildman–Crippen MR) is 118 cm³/mol. The standard InChI is InChI=1S/C23H28ClN3O3/c1-29-21-8-7-18(15-20(21)24)25-23(28)22(17-5-3-2-4-6-17)27-10-9-19(16-27)26-11-13-30-14-12-26/h2-8,15,19,22H,9-14,16H2,1H3,(H,25,28)/t19-,22+/m1/s1. The van der Waals surface area contributed by atoms with E-state index in [1.807, 2.05) is 36.4 Å². The van der Waals surface area contributed by atoms with Crippen LogP contribution in [0.2, 0.25) is 5.02 Å². The molecule has 1 amide bonds. The molecule has 2 fully saturated rings. The van der Waals surface area contributed by atoms with Gasteiger partial charge in [0, 0.05) is 37.9 Å². The average molecular weight is 430 g/mol. The lowest BCUT2D eigenvalue weighted by atomic mass is 10.0. The van der Waals surface area contributed by atoms with E-state index in [-0.39, 0.29) is 11.9 Å². The number of nitrogens with zero attached hydrogens (tertiary/aromatic N) is 2. The second-order valence-corrected chi connectivity index (χ2v) is 8.14. The molecule has 2 aromatic carbocycles. The van der Waals surface area contributed by atoms with Crippen molar-refractivity contribution in [1.82, 2.24) is 9.80 Å². The zero-order chi connectivity index (χ0) is 20.9. The summed E-state index contributed by atoms with van der Waals surface area (Å²) in [5.74, 6) is 0.534. The van der Waals surface area contributed by atoms with E-state index in [0.717, 1.165) is 51.4 Å². The summed E-state index contributed by atoms with van der Waals surface area (Å²) in [4.78, 5) is 18.2. The summed E-state index contributed by atoms with van der Waals surface area (Å²) in [6, 6.07) is 15.4. The number of rotatable bonds is 6. The van der Waals surface area contributed by atoms with Gasteiger partial charge in [-0.25, -0.2) is 0 Å². The smallest absolute Gasteiger partial charge is 0.246 e. The largest absolute Gasteiger partial charge is 0.495 e. The monoisotopic (exact) mass is 429 g/mol. The molecule has 2 saturated heterocycles. The van der Waals surface area contributed by atoms with Gasteiger partial charge >= 0.3 is 0 Å². The van der Waals surface area contributed by atoms with Crippen LogP contribution in [0.3, 0.4) is 0 Å². The van der Waals surface area contributed by atoms with Crippen LogP contribution in [0.5, 0.6) is 5.75 Å². The Morgan fingerprint density at radius 2 is 1.93 bits per heavy atom. The minimum Gasteiger partial charge on any atom is -0.495 e. The zero-order valence-electron chi connectivity index (χ0n) is 17.2. The molecule has 160 valence electrons. The van der Waals surface area contributed by atoms with Crippen LogP contribution in [-0.2, 0) is 9.53 Å². The Kier molecular flexibility index (Phi) is 6.89. The Bertz CT molecular complexity index is 858. The number of carbonyl (C=O) groups excluding carboxylic acids is 1. The lowest BCUT2D eigenvalue weighted by Gasteiger charge is -2.33. The van der Waals surface area contributed by atoms with Crippen LogP contribution in [0, 0.1) is 0 Å². The van der Waals surface area contributed by atoms with Crippen molar-refractivity contribution in [3.05, 3.63) is 59.1 Å². The molecule has 2 atom stereocenters. The van der Waals surface area contributed by atoms with Gasteiger partial charge in [-0.05, 0) is 30.2 Å². The zero-order valence-corrected chi connectivity index (χ0v) is 18.0. The van der Waals surface area contributed by atoms with Gasteiger partial charge in [0.05, 0.1) is 25.3 Å². The highest BCUT2D eigenvalue weighted by molar-refractivity contribution is 6.32. The molecule has 0 unspecified atom stereocenters. The highest BCUT2D eigenvalue weighted by atomic mass is 35.5. The fraction of sp³-hybridized carbons (Fsp3) is 0.435. The highest BCUT2D eigenvalue weighted by Crippen LogP contribution is 2.31. The maximum absolute atomic E-state index is 13.4. The summed E-state index contributed by atoms with van der Waals surface area (Å²) in [5.41, 5.74) is 1.66. The molecule has 0 aromatic heterocycles. The van der Waals surface area contributed by atoms with Crippen molar-refractivity contribution in [2.75, 3.05) is 51.8 Å². The van der Waals surface area contributed by atoms with Crippen LogP contribution in [0.4, 0.5) is 5.69 Å². The summed E-state index contributed by atoms with van der Waals surface area (Å²) in [7, 11) is 1.57. The fourth-order valence-electron chi connectivity index (χ4n) is 4.36. The number of morpholine rings is 1. The number of methoxy groups -OCH3 is 1. The van der Waals surface area contributed by atoms with E-state index in [2.05, 4.69) is 15.1 Å². The van der Waals surface area contributed by atoms with E-state index < -0.39 is 0 Å². The summed E-state index contributed by atoms with van der Waals surface area (Å²) in [6.07, 6.45) is 1.06. The number of likely N-dealkylation sites (tertiary alicyclic amines) is 1. The van der Waals surface area contributed by atoms with E-state index >= 15 is 0 Å². The van der Waals surface area contributed by atoms with Gasteiger partial charge in [-0.15, -0.1) is 0 Å². The van der Waals surface area contributed by atoms with E-state index in [1.165, 1.54) is 0 Å². The van der Waals surface area contributed by atoms with E-state index in [0.29, 0.717) is 22.5 Å². The first-order chi connectivity index (χ1) is 14.7. The lowest BCUT2D eigenvalue weighted by molar-refractivity contribution is -0.121. The lowest BCUT2D eigenvalue weighted by Crippen LogP contribution is -2.45. The maximum atomic E-state index is 13.4. The van der Waals surface area contributed by atoms with E-state index in [9.17, 15) is 4.79 Å². The van der Waals surface area contributed by atoms with Gasteiger partial charge in [0.25, 0.3) is 0 Å². The molecule has 0 spiro atoms. The number of benzene rings is 2. The van der Waals surface area contributed by atoms with Crippen molar-refractivity contribution in [1.29, 1.82) is 0 Å². The number of carbonyl (C=O) groups is 1. The molecule has 7 heteroatoms. The number of nitrogens with one attached hydrogen (secondary N) is 1. The summed E-state index contributed by atoms with van der Waals surface area (Å²) in [6.45, 7) is 5.26. The fourth-order valence-corrected chi connectivity index (χ4v) is 4.62. The third-order valence-electron chi connectivity index (χ3n) is 5.91. The van der Waals surface area contributed by atoms with Crippen molar-refractivity contribution in [2.45, 2.75) is 18.5 Å². The van der Waals surface area contributed by atoms with Crippen molar-refractivity contribution >= 4 is 23.2 Å². The Morgan fingerprint density at radius 1 is 1.17 bits per heavy atom. The predicted octanol–water partition coefficient (Wildman–Crippen LogP) is 3.43. The van der Waals surface area contributed by atoms with Crippen molar-refractivity contribution in [2.24, 2.45) is 0 Å². The van der Waals surface area contributed by atoms with Crippen molar-refractivity contribution in [3.63, 3.8) is 0 Å². The quantitative estimate of drug-likeness (QED) is 0.762. The molecule has 0 radical (unpaired) electrons. The molecule has 2 aliphatic rings. The Morgan fingerprint density at radius 3 is 2.63 bits per heavy atom. The molecule has 0 aliphatic carbocycles. The first kappa shape index (κ1) is 21.1. The van der Waals surface area contributed by atoms with Gasteiger partial charge in [0.1, 0.15) is 11.8 Å². The molecule has 4 rings (SSSR count). The normalized spacial score (nSPS) is 21.3. The summed E-state index contributed by atoms with van der Waals surface area (Å²) < 4.78 is 10.7. The van der Waals surface area contributed by atoms with Gasteiger partial charge in [-0.2, -0.15) is 0 Å². The minimum absolute atomic E-state index is 0.0509. The maximum Gasteiger partial charge on any atom is 0.246 e. The molecule has 0 saturated carbocycles. The van der Waals surface area contributed by atoms with E-state index in [4.69, 9.17) is 21.1 Å². The van der Waals surface area contributed by atoms with Crippen molar-refractivity contribution < 1.29 is 14.3 Å². The second-order valence-electron chi connectivity index (χ2n) is 7.74. The van der Waals surface area contributed by atoms with Gasteiger partial charge in [-0.1, -0.05) is 41.9 Å². The van der Waals surface area contributed by atoms with Crippen molar-refractivity contribution in [3.8, 4) is 5.75 Å². The average Bonchev–Trinajstić information content (AvgIpc) is 3.25. The number of halogens is 1. The molecule has 0 bridgehead atoms. The van der Waals surface area contributed by atoms with Crippen LogP contribution in [0.25, 0.3) is 0 Å². The third kappa shape index (κ3) is 4.78. The van der Waals surface area contributed by atoms with Gasteiger partial charge in [0.2, 0.25) is 5.91 Å². The number of amides is 1. The first-order valence-corrected chi connectivity index (χ1v) is 10.8. The number of hydrogen-bond donors (Lipinski definition) is 1. The molecule has 2 heterocycles. The van der Waals surface area contributed by atoms with Crippen LogP contribution in [-0.4, -0.2) is 68.3 Å². The molecule has 6 nitrogen and oxygen atoms in total. The molecular formula is C23H28ClN3O3. The van der Waals surface area contributed by atoms with Gasteiger partial charge in [-0.3, -0.25) is 14.6 Å². The minimum atomic E-state index is -0.349. The SMILES string of the molecule is COc1ccc(NC(=O)[C@H](c2ccccc2)N2CC[C@@H](N3CCOCC3)C2)cc1Cl. The molecular weight excluding hydrogens is 402 g/mol. The third-order valence-corrected chi connectivity index (χ3v) is 6.20. The molecule has 30 heavy (non-hydrogen) atoms. The Balaban J connectivity index is 1.51. The summed E-state index contributed by atoms with van der Waals surface area (Å²) in [5, 5.41) is 3.52. The van der Waals surface area contributed by atoms with Crippen LogP contribution in [0.15, 0.2) is 48.5 Å². The van der Waals surface area contributed by atoms with Crippen LogP contribution in [0.1, 0.15) is 18.0 Å². The molecule has 2 aromatic rings. The number of hydrogen-bond acceptors (Lipinski definition) is 5. The Hall–Kier alpha value is -2.12. The summed E-state index contributed by atoms with van der Waals surface area (Å²) >= 11 is 6.24. The van der Waals surface area contributed by atoms with Crippen LogP contribution < -0.4 is 10.1 Å². The van der Waals surface area contributed by atoms with Gasteiger partial charge < -0.3 is 14.8 Å². The number of anilines is 1. The van der Waals surface area contributed by atoms with Gasteiger partial charge in [0.15, 0.2) is 0 Å². The van der Waals surface area contributed by atoms with E-state index in [1.54, 1.807) is 19.2 Å². The highest BCUT2D eigenvalue weighted by Gasteiger charge is 2.36. The topological polar surface area (TPSA) is 54.0 Å².